The Hall–Kier alpha value is -6.72. The molecule has 3 amide bonds. The Kier molecular flexibility index (Phi) is 14.6. The summed E-state index contributed by atoms with van der Waals surface area (Å²) in [5, 5.41) is 2.60. The summed E-state index contributed by atoms with van der Waals surface area (Å²) in [6.45, 7) is 9.22. The normalized spacial score (nSPS) is 14.8. The lowest BCUT2D eigenvalue weighted by atomic mass is 10.1. The second-order valence-corrected chi connectivity index (χ2v) is 11.5. The predicted octanol–water partition coefficient (Wildman–Crippen LogP) is 1.19. The summed E-state index contributed by atoms with van der Waals surface area (Å²) in [4.78, 5) is 64.5. The molecule has 18 heteroatoms. The van der Waals surface area contributed by atoms with Crippen LogP contribution in [0, 0.1) is 0 Å². The Balaban J connectivity index is 0.000000225. The number of amides is 3. The average molecular weight is 717 g/mol. The van der Waals surface area contributed by atoms with Gasteiger partial charge in [0.15, 0.2) is 0 Å². The van der Waals surface area contributed by atoms with E-state index in [1.807, 2.05) is 44.1 Å². The first-order valence-corrected chi connectivity index (χ1v) is 15.4. The highest BCUT2D eigenvalue weighted by molar-refractivity contribution is 5.81. The predicted molar refractivity (Wildman–Crippen MR) is 202 cm³/mol. The number of hydrogen-bond donors (Lipinski definition) is 5. The zero-order valence-corrected chi connectivity index (χ0v) is 29.5. The van der Waals surface area contributed by atoms with Crippen LogP contribution >= 0.6 is 0 Å². The molecule has 52 heavy (non-hydrogen) atoms. The Labute approximate surface area is 301 Å². The van der Waals surface area contributed by atoms with Gasteiger partial charge in [-0.25, -0.2) is 18.7 Å². The molecule has 0 fully saturated rings. The van der Waals surface area contributed by atoms with Gasteiger partial charge in [0, 0.05) is 58.3 Å². The van der Waals surface area contributed by atoms with E-state index in [1.165, 1.54) is 15.8 Å². The van der Waals surface area contributed by atoms with Crippen molar-refractivity contribution in [1.82, 2.24) is 44.6 Å². The standard InChI is InChI=1S/C7H8N4O.C7H9N4.C7H10N2O.C7H9NO.C5H7N3O.CH4/c1-11-3-2-4-5(11)9-7(8)10-6(4)12;1-11-3-2-5-6(8)9-4-10-7(5)11;1-5-4-9(3)7(10)8-6(5)2;1-6-3-4-8(2)7(9)5-6;1-8-3-2-4(6)7-5(8)9;/h3H,2H2,1H3,(H2-,8,9,10,12);3-4H,2H2,1H3,(H2,8,9,10);4H,2H2,1,3H3,(H,8,10);3-4H,1,5H2,2H3;2-3H,1H3,(H2,6,7,9);1H4/q;+1;;;;/p+1. The molecule has 0 aliphatic carbocycles. The highest BCUT2D eigenvalue weighted by Gasteiger charge is 2.24. The van der Waals surface area contributed by atoms with E-state index in [1.54, 1.807) is 55.3 Å². The van der Waals surface area contributed by atoms with Gasteiger partial charge in [0.2, 0.25) is 12.2 Å². The van der Waals surface area contributed by atoms with Crippen LogP contribution in [0.25, 0.3) is 0 Å². The Morgan fingerprint density at radius 2 is 1.52 bits per heavy atom. The largest absolute Gasteiger partial charge is 0.383 e. The highest BCUT2D eigenvalue weighted by atomic mass is 16.2. The number of rotatable bonds is 0. The minimum atomic E-state index is -0.324. The van der Waals surface area contributed by atoms with Crippen molar-refractivity contribution in [3.63, 3.8) is 0 Å². The molecule has 3 aromatic rings. The second kappa shape index (κ2) is 18.3. The lowest BCUT2D eigenvalue weighted by Crippen LogP contribution is -2.37. The van der Waals surface area contributed by atoms with Crippen LogP contribution in [0.2, 0.25) is 0 Å². The van der Waals surface area contributed by atoms with Gasteiger partial charge in [-0.15, -0.1) is 0 Å². The molecule has 18 nitrogen and oxygen atoms in total. The zero-order valence-electron chi connectivity index (χ0n) is 29.5. The Bertz CT molecular complexity index is 2090. The van der Waals surface area contributed by atoms with Gasteiger partial charge in [-0.1, -0.05) is 20.6 Å². The van der Waals surface area contributed by atoms with E-state index in [2.05, 4.69) is 43.4 Å². The molecule has 0 bridgehead atoms. The average Bonchev–Trinajstić information content (AvgIpc) is 3.64. The van der Waals surface area contributed by atoms with E-state index in [0.29, 0.717) is 35.7 Å². The highest BCUT2D eigenvalue weighted by Crippen LogP contribution is 2.22. The van der Waals surface area contributed by atoms with Gasteiger partial charge in [-0.05, 0) is 40.2 Å². The number of fused-ring (bicyclic) bond motifs is 2. The molecular weight excluding hydrogens is 668 g/mol. The van der Waals surface area contributed by atoms with Crippen LogP contribution in [0.1, 0.15) is 31.9 Å². The first-order chi connectivity index (χ1) is 24.0. The maximum Gasteiger partial charge on any atom is 0.349 e. The fourth-order valence-electron chi connectivity index (χ4n) is 4.42. The van der Waals surface area contributed by atoms with E-state index in [0.717, 1.165) is 28.9 Å². The van der Waals surface area contributed by atoms with Gasteiger partial charge in [0.05, 0.1) is 38.5 Å². The first-order valence-electron chi connectivity index (χ1n) is 15.4. The molecular formula is C34H48N14O4+2. The van der Waals surface area contributed by atoms with Crippen molar-refractivity contribution in [3.8, 4) is 0 Å². The summed E-state index contributed by atoms with van der Waals surface area (Å²) in [6, 6.07) is 1.44. The van der Waals surface area contributed by atoms with Crippen molar-refractivity contribution in [1.29, 1.82) is 0 Å². The third kappa shape index (κ3) is 11.2. The van der Waals surface area contributed by atoms with E-state index in [-0.39, 0.29) is 42.4 Å². The van der Waals surface area contributed by atoms with E-state index >= 15 is 0 Å². The molecule has 276 valence electrons. The van der Waals surface area contributed by atoms with E-state index < -0.39 is 0 Å². The number of H-pyrrole nitrogens is 1. The summed E-state index contributed by atoms with van der Waals surface area (Å²) in [5.74, 6) is 2.73. The van der Waals surface area contributed by atoms with Gasteiger partial charge in [0.1, 0.15) is 17.2 Å². The van der Waals surface area contributed by atoms with E-state index in [9.17, 15) is 19.2 Å². The lowest BCUT2D eigenvalue weighted by Gasteiger charge is -2.21. The van der Waals surface area contributed by atoms with Crippen molar-refractivity contribution < 1.29 is 18.7 Å². The van der Waals surface area contributed by atoms with Gasteiger partial charge in [-0.3, -0.25) is 14.6 Å². The summed E-state index contributed by atoms with van der Waals surface area (Å²) < 4.78 is 5.13. The smallest absolute Gasteiger partial charge is 0.349 e. The molecule has 8 N–H and O–H groups in total. The van der Waals surface area contributed by atoms with Crippen LogP contribution in [-0.4, -0.2) is 101 Å². The van der Waals surface area contributed by atoms with E-state index in [4.69, 9.17) is 17.2 Å². The van der Waals surface area contributed by atoms with Crippen LogP contribution in [-0.2, 0) is 24.7 Å². The number of nitrogens with one attached hydrogen (secondary N) is 2. The number of nitrogens with two attached hydrogens (primary N) is 3. The fraction of sp³-hybridized carbons (Fsp3) is 0.294. The minimum absolute atomic E-state index is 0. The Morgan fingerprint density at radius 3 is 2.08 bits per heavy atom. The van der Waals surface area contributed by atoms with Crippen molar-refractivity contribution >= 4 is 53.6 Å². The molecule has 0 spiro atoms. The molecule has 0 saturated heterocycles. The minimum Gasteiger partial charge on any atom is -0.383 e. The molecule has 0 saturated carbocycles. The SMILES string of the molecule is C.C=C1C=CN(C)C(=O)C1.C=C1NC(=O)N(C)C=C1C.C[N+]1=CCc2c(N)ncnc21.C[N+]1=CCc2c1nc(N)[nH]c2=O.Cn1ccc(N)nc1=O. The maximum absolute atomic E-state index is 11.3. The number of nitrogens with zero attached hydrogens (tertiary/aromatic N) is 9. The zero-order chi connectivity index (χ0) is 38.0. The summed E-state index contributed by atoms with van der Waals surface area (Å²) in [7, 11) is 8.86. The number of aromatic amines is 1. The molecule has 0 unspecified atom stereocenters. The summed E-state index contributed by atoms with van der Waals surface area (Å²) in [5.41, 5.74) is 20.0. The third-order valence-corrected chi connectivity index (χ3v) is 7.52. The van der Waals surface area contributed by atoms with Crippen LogP contribution in [0.5, 0.6) is 0 Å². The maximum atomic E-state index is 11.3. The monoisotopic (exact) mass is 716 g/mol. The quantitative estimate of drug-likeness (QED) is 0.207. The van der Waals surface area contributed by atoms with Gasteiger partial charge < -0.3 is 36.9 Å². The number of nitrogen functional groups attached to an aromatic ring is 3. The van der Waals surface area contributed by atoms with Gasteiger partial charge >= 0.3 is 29.3 Å². The van der Waals surface area contributed by atoms with Crippen molar-refractivity contribution in [2.45, 2.75) is 33.6 Å². The number of anilines is 3. The fourth-order valence-corrected chi connectivity index (χ4v) is 4.42. The number of aromatic nitrogens is 6. The topological polar surface area (TPSA) is 243 Å². The van der Waals surface area contributed by atoms with Crippen LogP contribution in [0.3, 0.4) is 0 Å². The molecule has 0 radical (unpaired) electrons. The molecule has 0 aromatic carbocycles. The lowest BCUT2D eigenvalue weighted by molar-refractivity contribution is -0.401. The number of aryl methyl sites for hydroxylation is 1. The summed E-state index contributed by atoms with van der Waals surface area (Å²) >= 11 is 0. The number of allylic oxidation sites excluding steroid dienone is 2. The third-order valence-electron chi connectivity index (χ3n) is 7.52. The molecule has 4 aliphatic heterocycles. The second-order valence-electron chi connectivity index (χ2n) is 11.5. The van der Waals surface area contributed by atoms with Crippen LogP contribution in [0.15, 0.2) is 76.7 Å². The number of carbonyl (C=O) groups is 2. The van der Waals surface area contributed by atoms with Gasteiger partial charge in [0.25, 0.3) is 5.56 Å². The summed E-state index contributed by atoms with van der Waals surface area (Å²) in [6.07, 6.45) is 14.3. The van der Waals surface area contributed by atoms with Gasteiger partial charge in [-0.2, -0.15) is 9.97 Å². The van der Waals surface area contributed by atoms with Crippen LogP contribution < -0.4 is 33.8 Å². The van der Waals surface area contributed by atoms with Crippen molar-refractivity contribution in [2.24, 2.45) is 7.05 Å². The van der Waals surface area contributed by atoms with Crippen molar-refractivity contribution in [2.75, 3.05) is 45.4 Å². The molecule has 0 atom stereocenters. The number of carbonyl (C=O) groups excluding carboxylic acids is 2. The number of hydrogen-bond acceptors (Lipinski definition) is 11. The molecule has 7 rings (SSSR count). The first kappa shape index (κ1) is 41.5. The Morgan fingerprint density at radius 1 is 0.885 bits per heavy atom. The van der Waals surface area contributed by atoms with Crippen LogP contribution in [0.4, 0.5) is 34.0 Å². The number of urea groups is 1. The molecule has 3 aromatic heterocycles. The molecule has 7 heterocycles. The molecule has 4 aliphatic rings. The van der Waals surface area contributed by atoms with Crippen molar-refractivity contribution in [3.05, 3.63) is 99.0 Å².